The minimum atomic E-state index is -2.90. The molecule has 2 N–H and O–H groups in total. The molecule has 0 unspecified atom stereocenters. The normalized spacial score (nSPS) is 12.8. The Morgan fingerprint density at radius 3 is 1.50 bits per heavy atom. The number of carbonyl (C=O) groups is 2. The predicted octanol–water partition coefficient (Wildman–Crippen LogP) is 4.37. The molecule has 0 bridgehead atoms. The molecule has 0 saturated heterocycles. The molecule has 2 atom stereocenters. The quantitative estimate of drug-likeness (QED) is 0.181. The summed E-state index contributed by atoms with van der Waals surface area (Å²) in [6.45, 7) is 4.06. The smallest absolute Gasteiger partial charge is 0.313 e. The summed E-state index contributed by atoms with van der Waals surface area (Å²) in [5, 5.41) is 5.55. The van der Waals surface area contributed by atoms with E-state index in [1.54, 1.807) is 84.2 Å². The molecule has 4 heterocycles. The molecule has 0 fully saturated rings. The van der Waals surface area contributed by atoms with Gasteiger partial charge in [-0.3, -0.25) is 14.2 Å². The summed E-state index contributed by atoms with van der Waals surface area (Å²) in [5.41, 5.74) is 2.77. The van der Waals surface area contributed by atoms with Gasteiger partial charge in [-0.15, -0.1) is 0 Å². The van der Waals surface area contributed by atoms with Crippen molar-refractivity contribution in [2.75, 3.05) is 10.6 Å². The van der Waals surface area contributed by atoms with Gasteiger partial charge in [0.25, 0.3) is 11.8 Å². The Kier molecular flexibility index (Phi) is 9.15. The Balaban J connectivity index is 1.04. The summed E-state index contributed by atoms with van der Waals surface area (Å²) in [4.78, 5) is 51.0. The highest BCUT2D eigenvalue weighted by atomic mass is 31.1. The third-order valence-electron chi connectivity index (χ3n) is 6.84. The summed E-state index contributed by atoms with van der Waals surface area (Å²) >= 11 is 0. The number of hydrogen-bond acceptors (Lipinski definition) is 11. The van der Waals surface area contributed by atoms with Crippen LogP contribution >= 0.6 is 8.25 Å². The lowest BCUT2D eigenvalue weighted by molar-refractivity contribution is 0.101. The zero-order chi connectivity index (χ0) is 32.0. The number of nitrogens with one attached hydrogen (secondary N) is 2. The van der Waals surface area contributed by atoms with E-state index in [2.05, 4.69) is 40.5 Å². The maximum Gasteiger partial charge on any atom is 0.319 e. The number of aromatic nitrogens is 8. The first kappa shape index (κ1) is 30.6. The van der Waals surface area contributed by atoms with Gasteiger partial charge in [-0.1, -0.05) is 36.4 Å². The van der Waals surface area contributed by atoms with Crippen molar-refractivity contribution in [3.8, 4) is 0 Å². The van der Waals surface area contributed by atoms with E-state index in [1.807, 2.05) is 12.1 Å². The number of imidazole rings is 2. The molecule has 6 rings (SSSR count). The Labute approximate surface area is 263 Å². The van der Waals surface area contributed by atoms with Gasteiger partial charge in [-0.2, -0.15) is 0 Å². The standard InChI is InChI=1S/C30H29N10O5P/c1-19(13-39-17-35-23-25(31-15-33-27(23)39)37-29(41)21-9-5-3-6-10-21)44-46(43)45-20(2)14-40-18-36-24-26(32-16-34-28(24)40)38-30(42)22-11-7-4-8-12-22/h3-12,15-20,46H,13-14H2,1-2H3,(H,31,33,37,41)(H,32,34,38,42)/t19-,20-/m1/s1. The molecular formula is C30H29N10O5P. The first-order chi connectivity index (χ1) is 22.4. The van der Waals surface area contributed by atoms with Crippen LogP contribution in [-0.2, 0) is 26.7 Å². The molecular weight excluding hydrogens is 611 g/mol. The van der Waals surface area contributed by atoms with Crippen LogP contribution in [0.25, 0.3) is 22.3 Å². The summed E-state index contributed by atoms with van der Waals surface area (Å²) in [6, 6.07) is 17.6. The van der Waals surface area contributed by atoms with E-state index in [-0.39, 0.29) is 36.5 Å². The zero-order valence-corrected chi connectivity index (χ0v) is 25.8. The minimum Gasteiger partial charge on any atom is -0.313 e. The zero-order valence-electron chi connectivity index (χ0n) is 24.8. The molecule has 0 radical (unpaired) electrons. The molecule has 0 aliphatic carbocycles. The average Bonchev–Trinajstić information content (AvgIpc) is 3.66. The number of amides is 2. The summed E-state index contributed by atoms with van der Waals surface area (Å²) in [7, 11) is -2.90. The fraction of sp³-hybridized carbons (Fsp3) is 0.200. The van der Waals surface area contributed by atoms with Gasteiger partial charge in [0.1, 0.15) is 12.7 Å². The second kappa shape index (κ2) is 13.7. The van der Waals surface area contributed by atoms with Gasteiger partial charge in [0.2, 0.25) is 0 Å². The Morgan fingerprint density at radius 1 is 0.674 bits per heavy atom. The first-order valence-electron chi connectivity index (χ1n) is 14.3. The number of fused-ring (bicyclic) bond motifs is 2. The highest BCUT2D eigenvalue weighted by Crippen LogP contribution is 2.30. The Bertz CT molecular complexity index is 1880. The topological polar surface area (TPSA) is 181 Å². The van der Waals surface area contributed by atoms with Crippen molar-refractivity contribution in [2.24, 2.45) is 0 Å². The minimum absolute atomic E-state index is 0.272. The molecule has 16 heteroatoms. The van der Waals surface area contributed by atoms with E-state index in [1.165, 1.54) is 12.7 Å². The maximum atomic E-state index is 12.8. The number of nitrogens with zero attached hydrogens (tertiary/aromatic N) is 8. The second-order valence-corrected chi connectivity index (χ2v) is 11.3. The number of benzene rings is 2. The molecule has 0 saturated carbocycles. The SMILES string of the molecule is C[C@H](Cn1cnc2c(NC(=O)c3ccccc3)ncnc21)O[PH](=O)O[C@H](C)Cn1cnc2c(NC(=O)c3ccccc3)ncnc21. The number of rotatable bonds is 12. The molecule has 0 spiro atoms. The van der Waals surface area contributed by atoms with Gasteiger partial charge < -0.3 is 28.8 Å². The van der Waals surface area contributed by atoms with Crippen LogP contribution in [0.4, 0.5) is 11.6 Å². The van der Waals surface area contributed by atoms with Gasteiger partial charge in [-0.25, -0.2) is 29.9 Å². The van der Waals surface area contributed by atoms with Gasteiger partial charge in [0.15, 0.2) is 34.0 Å². The average molecular weight is 641 g/mol. The molecule has 15 nitrogen and oxygen atoms in total. The molecule has 0 aliphatic heterocycles. The summed E-state index contributed by atoms with van der Waals surface area (Å²) < 4.78 is 27.6. The third-order valence-corrected chi connectivity index (χ3v) is 8.03. The predicted molar refractivity (Wildman–Crippen MR) is 170 cm³/mol. The number of anilines is 2. The maximum absolute atomic E-state index is 12.8. The fourth-order valence-electron chi connectivity index (χ4n) is 4.73. The van der Waals surface area contributed by atoms with Crippen molar-refractivity contribution in [1.29, 1.82) is 0 Å². The van der Waals surface area contributed by atoms with Crippen molar-refractivity contribution in [2.45, 2.75) is 39.1 Å². The lowest BCUT2D eigenvalue weighted by Crippen LogP contribution is -2.17. The number of hydrogen-bond donors (Lipinski definition) is 2. The van der Waals surface area contributed by atoms with E-state index >= 15 is 0 Å². The van der Waals surface area contributed by atoms with Crippen molar-refractivity contribution in [3.05, 3.63) is 97.1 Å². The van der Waals surface area contributed by atoms with Gasteiger partial charge in [0.05, 0.1) is 38.0 Å². The monoisotopic (exact) mass is 640 g/mol. The lowest BCUT2D eigenvalue weighted by Gasteiger charge is -2.17. The molecule has 4 aromatic heterocycles. The van der Waals surface area contributed by atoms with E-state index in [9.17, 15) is 14.2 Å². The van der Waals surface area contributed by atoms with Crippen LogP contribution < -0.4 is 10.6 Å². The van der Waals surface area contributed by atoms with E-state index in [4.69, 9.17) is 9.05 Å². The van der Waals surface area contributed by atoms with E-state index in [0.717, 1.165) is 0 Å². The largest absolute Gasteiger partial charge is 0.319 e. The van der Waals surface area contributed by atoms with Crippen LogP contribution in [0, 0.1) is 0 Å². The van der Waals surface area contributed by atoms with Crippen LogP contribution in [0.5, 0.6) is 0 Å². The van der Waals surface area contributed by atoms with Crippen LogP contribution in [0.15, 0.2) is 86.0 Å². The van der Waals surface area contributed by atoms with Crippen LogP contribution in [0.1, 0.15) is 34.6 Å². The highest BCUT2D eigenvalue weighted by Gasteiger charge is 2.19. The Morgan fingerprint density at radius 2 is 1.09 bits per heavy atom. The van der Waals surface area contributed by atoms with E-state index in [0.29, 0.717) is 33.5 Å². The highest BCUT2D eigenvalue weighted by molar-refractivity contribution is 7.33. The van der Waals surface area contributed by atoms with Crippen molar-refractivity contribution >= 4 is 54.0 Å². The molecule has 6 aromatic rings. The van der Waals surface area contributed by atoms with Crippen LogP contribution in [0.2, 0.25) is 0 Å². The number of carbonyl (C=O) groups excluding carboxylic acids is 2. The van der Waals surface area contributed by atoms with Gasteiger partial charge >= 0.3 is 8.25 Å². The second-order valence-electron chi connectivity index (χ2n) is 10.3. The molecule has 234 valence electrons. The first-order valence-corrected chi connectivity index (χ1v) is 15.5. The van der Waals surface area contributed by atoms with E-state index < -0.39 is 20.5 Å². The molecule has 2 amide bonds. The fourth-order valence-corrected chi connectivity index (χ4v) is 5.60. The van der Waals surface area contributed by atoms with Crippen LogP contribution in [0.3, 0.4) is 0 Å². The summed E-state index contributed by atoms with van der Waals surface area (Å²) in [6.07, 6.45) is 4.74. The Hall–Kier alpha value is -5.37. The van der Waals surface area contributed by atoms with Crippen molar-refractivity contribution in [1.82, 2.24) is 39.0 Å². The van der Waals surface area contributed by atoms with Gasteiger partial charge in [-0.05, 0) is 38.1 Å². The van der Waals surface area contributed by atoms with Gasteiger partial charge in [0, 0.05) is 11.1 Å². The van der Waals surface area contributed by atoms with Crippen molar-refractivity contribution in [3.63, 3.8) is 0 Å². The third kappa shape index (κ3) is 6.96. The molecule has 46 heavy (non-hydrogen) atoms. The lowest BCUT2D eigenvalue weighted by atomic mass is 10.2. The van der Waals surface area contributed by atoms with Crippen molar-refractivity contribution < 1.29 is 23.2 Å². The molecule has 0 aliphatic rings. The molecule has 2 aromatic carbocycles. The summed E-state index contributed by atoms with van der Waals surface area (Å²) in [5.74, 6) is -0.0777. The van der Waals surface area contributed by atoms with Crippen LogP contribution in [-0.4, -0.2) is 63.1 Å².